The molecule has 2 heterocycles. The first-order valence-corrected chi connectivity index (χ1v) is 11.3. The molecule has 1 fully saturated rings. The van der Waals surface area contributed by atoms with Crippen LogP contribution in [-0.4, -0.2) is 39.4 Å². The number of nitrogens with zero attached hydrogens (tertiary/aromatic N) is 1. The van der Waals surface area contributed by atoms with Crippen molar-refractivity contribution in [3.8, 4) is 5.75 Å². The van der Waals surface area contributed by atoms with E-state index in [0.29, 0.717) is 28.6 Å². The van der Waals surface area contributed by atoms with Gasteiger partial charge in [-0.1, -0.05) is 29.8 Å². The minimum Gasteiger partial charge on any atom is -0.489 e. The Morgan fingerprint density at radius 2 is 1.97 bits per heavy atom. The molecule has 11 heteroatoms. The average Bonchev–Trinajstić information content (AvgIpc) is 3.20. The highest BCUT2D eigenvalue weighted by atomic mass is 35.5. The molecule has 0 saturated carbocycles. The Kier molecular flexibility index (Phi) is 7.54. The van der Waals surface area contributed by atoms with Crippen LogP contribution in [-0.2, 0) is 11.3 Å². The molecule has 0 radical (unpaired) electrons. The topological polar surface area (TPSA) is 135 Å². The zero-order chi connectivity index (χ0) is 24.9. The number of halogens is 1. The van der Waals surface area contributed by atoms with E-state index in [1.165, 1.54) is 10.8 Å². The van der Waals surface area contributed by atoms with Crippen molar-refractivity contribution in [2.75, 3.05) is 11.9 Å². The van der Waals surface area contributed by atoms with Crippen LogP contribution in [0, 0.1) is 6.92 Å². The molecule has 0 bridgehead atoms. The number of aryl methyl sites for hydroxylation is 1. The summed E-state index contributed by atoms with van der Waals surface area (Å²) in [6, 6.07) is 13.8. The van der Waals surface area contributed by atoms with Gasteiger partial charge in [-0.15, -0.1) is 0 Å². The van der Waals surface area contributed by atoms with E-state index in [1.54, 1.807) is 37.3 Å². The van der Waals surface area contributed by atoms with Crippen molar-refractivity contribution in [2.45, 2.75) is 38.4 Å². The Labute approximate surface area is 205 Å². The van der Waals surface area contributed by atoms with Crippen molar-refractivity contribution in [3.05, 3.63) is 91.7 Å². The van der Waals surface area contributed by atoms with Crippen molar-refractivity contribution in [2.24, 2.45) is 0 Å². The number of rotatable bonds is 7. The minimum absolute atomic E-state index is 0.0274. The fourth-order valence-electron chi connectivity index (χ4n) is 3.65. The van der Waals surface area contributed by atoms with Crippen molar-refractivity contribution in [3.63, 3.8) is 0 Å². The van der Waals surface area contributed by atoms with Gasteiger partial charge in [-0.25, -0.2) is 9.59 Å². The van der Waals surface area contributed by atoms with Crippen molar-refractivity contribution in [1.82, 2.24) is 14.9 Å². The third-order valence-electron chi connectivity index (χ3n) is 5.59. The van der Waals surface area contributed by atoms with E-state index in [1.807, 2.05) is 18.2 Å². The molecule has 184 valence electrons. The second-order valence-corrected chi connectivity index (χ2v) is 8.56. The quantitative estimate of drug-likeness (QED) is 0.394. The second kappa shape index (κ2) is 10.8. The Morgan fingerprint density at radius 3 is 2.71 bits per heavy atom. The summed E-state index contributed by atoms with van der Waals surface area (Å²) < 4.78 is 12.7. The van der Waals surface area contributed by atoms with Gasteiger partial charge in [-0.05, 0) is 37.3 Å². The lowest BCUT2D eigenvalue weighted by molar-refractivity contribution is -0.0178. The molecule has 2 aromatic carbocycles. The molecule has 10 nitrogen and oxygen atoms in total. The molecule has 1 saturated heterocycles. The molecule has 0 aliphatic carbocycles. The first kappa shape index (κ1) is 24.5. The van der Waals surface area contributed by atoms with Crippen molar-refractivity contribution < 1.29 is 19.4 Å². The van der Waals surface area contributed by atoms with Gasteiger partial charge in [0.15, 0.2) is 0 Å². The largest absolute Gasteiger partial charge is 0.489 e. The minimum atomic E-state index is -0.894. The van der Waals surface area contributed by atoms with E-state index in [4.69, 9.17) is 21.1 Å². The molecule has 3 aromatic rings. The molecular weight excluding hydrogens is 476 g/mol. The van der Waals surface area contributed by atoms with Crippen LogP contribution in [0.15, 0.2) is 64.3 Å². The molecular formula is C24H25ClN4O6. The van der Waals surface area contributed by atoms with Crippen LogP contribution in [0.4, 0.5) is 10.5 Å². The summed E-state index contributed by atoms with van der Waals surface area (Å²) in [7, 11) is 0. The Morgan fingerprint density at radius 1 is 1.23 bits per heavy atom. The lowest BCUT2D eigenvalue weighted by atomic mass is 10.2. The van der Waals surface area contributed by atoms with Gasteiger partial charge < -0.3 is 25.2 Å². The molecule has 1 aromatic heterocycles. The van der Waals surface area contributed by atoms with Gasteiger partial charge in [0.25, 0.3) is 5.56 Å². The Balaban J connectivity index is 1.26. The van der Waals surface area contributed by atoms with Gasteiger partial charge in [0.05, 0.1) is 6.10 Å². The number of urea groups is 1. The van der Waals surface area contributed by atoms with E-state index in [0.717, 1.165) is 5.56 Å². The van der Waals surface area contributed by atoms with E-state index >= 15 is 0 Å². The van der Waals surface area contributed by atoms with Gasteiger partial charge in [0, 0.05) is 41.0 Å². The predicted molar refractivity (Wildman–Crippen MR) is 130 cm³/mol. The summed E-state index contributed by atoms with van der Waals surface area (Å²) in [5, 5.41) is 16.3. The molecule has 4 rings (SSSR count). The molecule has 0 spiro atoms. The highest BCUT2D eigenvalue weighted by Gasteiger charge is 2.35. The maximum absolute atomic E-state index is 12.3. The molecule has 4 N–H and O–H groups in total. The number of anilines is 1. The number of benzene rings is 2. The third-order valence-corrected chi connectivity index (χ3v) is 5.96. The number of aromatic amines is 1. The second-order valence-electron chi connectivity index (χ2n) is 8.15. The summed E-state index contributed by atoms with van der Waals surface area (Å²) in [4.78, 5) is 38.1. The number of carbonyl (C=O) groups is 1. The molecule has 0 unspecified atom stereocenters. The van der Waals surface area contributed by atoms with Crippen molar-refractivity contribution in [1.29, 1.82) is 0 Å². The highest BCUT2D eigenvalue weighted by Crippen LogP contribution is 2.27. The van der Waals surface area contributed by atoms with E-state index < -0.39 is 35.7 Å². The number of aliphatic hydroxyl groups is 1. The summed E-state index contributed by atoms with van der Waals surface area (Å²) in [6.07, 6.45) is -0.821. The van der Waals surface area contributed by atoms with Crippen molar-refractivity contribution >= 4 is 23.3 Å². The predicted octanol–water partition coefficient (Wildman–Crippen LogP) is 2.55. The number of H-pyrrole nitrogens is 1. The SMILES string of the molecule is Cc1cn([C@@H]2C[C@H](O)[C@@H](CNC(=O)Nc3ccc(OCc4ccccc4Cl)cc3)O2)c(=O)[nH]c1=O. The summed E-state index contributed by atoms with van der Waals surface area (Å²) in [6.45, 7) is 1.92. The number of hydrogen-bond donors (Lipinski definition) is 4. The highest BCUT2D eigenvalue weighted by molar-refractivity contribution is 6.31. The fraction of sp³-hybridized carbons (Fsp3) is 0.292. The van der Waals surface area contributed by atoms with Crippen LogP contribution in [0.25, 0.3) is 0 Å². The number of carbonyl (C=O) groups excluding carboxylic acids is 1. The Bertz CT molecular complexity index is 1310. The molecule has 35 heavy (non-hydrogen) atoms. The Hall–Kier alpha value is -3.60. The fourth-order valence-corrected chi connectivity index (χ4v) is 3.84. The van der Waals surface area contributed by atoms with Gasteiger partial charge in [0.1, 0.15) is 24.7 Å². The van der Waals surface area contributed by atoms with Gasteiger partial charge in [-0.2, -0.15) is 0 Å². The molecule has 3 atom stereocenters. The lowest BCUT2D eigenvalue weighted by Gasteiger charge is -2.17. The smallest absolute Gasteiger partial charge is 0.330 e. The maximum Gasteiger partial charge on any atom is 0.330 e. The molecule has 2 amide bonds. The number of aliphatic hydroxyl groups excluding tert-OH is 1. The molecule has 1 aliphatic heterocycles. The van der Waals surface area contributed by atoms with Gasteiger partial charge in [0.2, 0.25) is 0 Å². The number of hydrogen-bond acceptors (Lipinski definition) is 6. The van der Waals surface area contributed by atoms with Gasteiger partial charge in [-0.3, -0.25) is 14.3 Å². The summed E-state index contributed by atoms with van der Waals surface area (Å²) in [5.74, 6) is 0.622. The van der Waals surface area contributed by atoms with Crippen LogP contribution < -0.4 is 26.6 Å². The maximum atomic E-state index is 12.3. The van der Waals surface area contributed by atoms with Crippen LogP contribution in [0.1, 0.15) is 23.8 Å². The van der Waals surface area contributed by atoms with E-state index in [2.05, 4.69) is 15.6 Å². The third kappa shape index (κ3) is 6.10. The first-order chi connectivity index (χ1) is 16.8. The zero-order valence-electron chi connectivity index (χ0n) is 18.9. The first-order valence-electron chi connectivity index (χ1n) is 11.0. The number of nitrogens with one attached hydrogen (secondary N) is 3. The zero-order valence-corrected chi connectivity index (χ0v) is 19.6. The van der Waals surface area contributed by atoms with Crippen LogP contribution in [0.5, 0.6) is 5.75 Å². The number of aromatic nitrogens is 2. The van der Waals surface area contributed by atoms with Crippen LogP contribution in [0.2, 0.25) is 5.02 Å². The van der Waals surface area contributed by atoms with Gasteiger partial charge >= 0.3 is 11.7 Å². The summed E-state index contributed by atoms with van der Waals surface area (Å²) in [5.41, 5.74) is 0.677. The van der Waals surface area contributed by atoms with E-state index in [-0.39, 0.29) is 13.0 Å². The normalized spacial score (nSPS) is 19.3. The monoisotopic (exact) mass is 500 g/mol. The average molecular weight is 501 g/mol. The van der Waals surface area contributed by atoms with Crippen LogP contribution >= 0.6 is 11.6 Å². The lowest BCUT2D eigenvalue weighted by Crippen LogP contribution is -2.39. The van der Waals surface area contributed by atoms with Crippen LogP contribution in [0.3, 0.4) is 0 Å². The molecule has 1 aliphatic rings. The number of ether oxygens (including phenoxy) is 2. The van der Waals surface area contributed by atoms with E-state index in [9.17, 15) is 19.5 Å². The number of amides is 2. The summed E-state index contributed by atoms with van der Waals surface area (Å²) >= 11 is 6.13. The standard InChI is InChI=1S/C24H25ClN4O6/c1-14-12-29(24(33)28-22(14)31)21-10-19(30)20(35-21)11-26-23(32)27-16-6-8-17(9-7-16)34-13-15-4-2-3-5-18(15)25/h2-9,12,19-21,30H,10-11,13H2,1H3,(H2,26,27,32)(H,28,31,33)/t19-,20+,21-/m0/s1.